The van der Waals surface area contributed by atoms with E-state index in [1.165, 1.54) is 30.2 Å². The lowest BCUT2D eigenvalue weighted by atomic mass is 9.44. The molecule has 6 rings (SSSR count). The maximum atomic E-state index is 17.4. The van der Waals surface area contributed by atoms with Crippen molar-refractivity contribution in [2.75, 3.05) is 13.2 Å². The first-order chi connectivity index (χ1) is 19.5. The van der Waals surface area contributed by atoms with E-state index in [-0.39, 0.29) is 43.5 Å². The molecule has 1 heterocycles. The van der Waals surface area contributed by atoms with Gasteiger partial charge in [-0.3, -0.25) is 14.4 Å². The molecule has 4 aliphatic carbocycles. The van der Waals surface area contributed by atoms with Gasteiger partial charge in [-0.15, -0.1) is 0 Å². The second kappa shape index (κ2) is 9.23. The quantitative estimate of drug-likeness (QED) is 0.498. The number of hydrogen-bond acceptors (Lipinski definition) is 6. The summed E-state index contributed by atoms with van der Waals surface area (Å²) in [7, 11) is 0. The SMILES string of the molecule is C[C@]12C=CC(=O)C=C1[C@@H](F)C[C@H]1C3C[C@H]4CN(Cc5ccc(F)c(C(F)(F)F)c5)O[C@@]4(C(=O)CO)[C@@]3(C)C[C@H](O)[C@@]12F. The number of aliphatic hydroxyl groups is 2. The maximum Gasteiger partial charge on any atom is 0.419 e. The average molecular weight is 600 g/mol. The molecule has 12 heteroatoms. The minimum Gasteiger partial charge on any atom is -0.390 e. The molecular formula is C30H31F6NO5. The fraction of sp³-hybridized carbons (Fsp3) is 0.600. The van der Waals surface area contributed by atoms with E-state index in [0.717, 1.165) is 6.08 Å². The van der Waals surface area contributed by atoms with Crippen LogP contribution in [0.3, 0.4) is 0 Å². The van der Waals surface area contributed by atoms with Crippen LogP contribution in [0, 0.1) is 34.4 Å². The van der Waals surface area contributed by atoms with Crippen molar-refractivity contribution in [2.24, 2.45) is 28.6 Å². The zero-order valence-electron chi connectivity index (χ0n) is 22.9. The second-order valence-electron chi connectivity index (χ2n) is 12.8. The summed E-state index contributed by atoms with van der Waals surface area (Å²) in [6.07, 6.45) is -5.16. The molecule has 0 radical (unpaired) electrons. The molecule has 228 valence electrons. The minimum atomic E-state index is -4.92. The number of hydroxylamine groups is 2. The van der Waals surface area contributed by atoms with Crippen molar-refractivity contribution in [1.82, 2.24) is 5.06 Å². The molecule has 42 heavy (non-hydrogen) atoms. The fourth-order valence-electron chi connectivity index (χ4n) is 9.13. The van der Waals surface area contributed by atoms with Gasteiger partial charge in [0.25, 0.3) is 0 Å². The van der Waals surface area contributed by atoms with Crippen LogP contribution in [0.25, 0.3) is 0 Å². The predicted octanol–water partition coefficient (Wildman–Crippen LogP) is 4.44. The first-order valence-electron chi connectivity index (χ1n) is 13.9. The van der Waals surface area contributed by atoms with E-state index in [9.17, 15) is 37.4 Å². The van der Waals surface area contributed by atoms with Crippen LogP contribution in [0.4, 0.5) is 26.3 Å². The van der Waals surface area contributed by atoms with Crippen molar-refractivity contribution >= 4 is 11.6 Å². The van der Waals surface area contributed by atoms with Crippen molar-refractivity contribution in [3.8, 4) is 0 Å². The van der Waals surface area contributed by atoms with Gasteiger partial charge in [-0.1, -0.05) is 19.1 Å². The van der Waals surface area contributed by atoms with Crippen molar-refractivity contribution in [3.63, 3.8) is 0 Å². The monoisotopic (exact) mass is 599 g/mol. The minimum absolute atomic E-state index is 0.0224. The van der Waals surface area contributed by atoms with E-state index >= 15 is 8.78 Å². The number of ketones is 2. The number of fused-ring (bicyclic) bond motifs is 7. The average Bonchev–Trinajstić information content (AvgIpc) is 3.39. The molecule has 0 aromatic heterocycles. The van der Waals surface area contributed by atoms with Gasteiger partial charge < -0.3 is 10.2 Å². The molecule has 1 aliphatic heterocycles. The van der Waals surface area contributed by atoms with Crippen molar-refractivity contribution in [1.29, 1.82) is 0 Å². The Morgan fingerprint density at radius 3 is 2.57 bits per heavy atom. The van der Waals surface area contributed by atoms with Gasteiger partial charge in [0.1, 0.15) is 18.6 Å². The molecule has 5 aliphatic rings. The standard InChI is InChI=1S/C30H31F6NO5/c1-26-6-5-17(39)9-20(26)23(32)10-19-18-8-16-13-37(12-15-3-4-22(31)21(7-15)30(34,35)36)42-29(16,25(41)14-38)27(18,2)11-24(40)28(19,26)33/h3-7,9,16,18-19,23-24,38,40H,8,10-14H2,1-2H3/t16-,18?,19-,23-,24-,26-,27-,28-,29-/m0/s1. The zero-order valence-corrected chi connectivity index (χ0v) is 22.9. The fourth-order valence-corrected chi connectivity index (χ4v) is 9.13. The summed E-state index contributed by atoms with van der Waals surface area (Å²) < 4.78 is 86.9. The summed E-state index contributed by atoms with van der Waals surface area (Å²) in [5.74, 6) is -5.02. The van der Waals surface area contributed by atoms with Crippen LogP contribution in [0.15, 0.2) is 42.0 Å². The second-order valence-corrected chi connectivity index (χ2v) is 12.8. The lowest BCUT2D eigenvalue weighted by Gasteiger charge is -2.63. The number of carbonyl (C=O) groups is 2. The molecule has 1 saturated heterocycles. The molecule has 1 unspecified atom stereocenters. The maximum absolute atomic E-state index is 17.4. The van der Waals surface area contributed by atoms with Crippen LogP contribution in [0.2, 0.25) is 0 Å². The Balaban J connectivity index is 1.37. The van der Waals surface area contributed by atoms with E-state index in [1.54, 1.807) is 6.92 Å². The van der Waals surface area contributed by atoms with Gasteiger partial charge in [-0.2, -0.15) is 18.2 Å². The Kier molecular flexibility index (Phi) is 6.49. The molecule has 0 amide bonds. The number of aliphatic hydroxyl groups excluding tert-OH is 2. The van der Waals surface area contributed by atoms with Crippen molar-refractivity contribution in [3.05, 3.63) is 58.9 Å². The lowest BCUT2D eigenvalue weighted by Crippen LogP contribution is -2.70. The Bertz CT molecular complexity index is 1410. The Labute approximate surface area is 238 Å². The van der Waals surface area contributed by atoms with E-state index in [2.05, 4.69) is 0 Å². The van der Waals surface area contributed by atoms with Crippen LogP contribution >= 0.6 is 0 Å². The zero-order chi connectivity index (χ0) is 30.6. The van der Waals surface area contributed by atoms with E-state index < -0.39 is 87.9 Å². The third-order valence-electron chi connectivity index (χ3n) is 10.9. The lowest BCUT2D eigenvalue weighted by molar-refractivity contribution is -0.269. The van der Waals surface area contributed by atoms with Gasteiger partial charge >= 0.3 is 6.18 Å². The number of Topliss-reactive ketones (excluding diaryl/α,β-unsaturated/α-hetero) is 1. The number of rotatable bonds is 4. The molecule has 6 nitrogen and oxygen atoms in total. The highest BCUT2D eigenvalue weighted by Gasteiger charge is 2.79. The molecular weight excluding hydrogens is 568 g/mol. The van der Waals surface area contributed by atoms with E-state index in [0.29, 0.717) is 12.1 Å². The van der Waals surface area contributed by atoms with Gasteiger partial charge in [0.2, 0.25) is 0 Å². The van der Waals surface area contributed by atoms with Gasteiger partial charge in [0.15, 0.2) is 22.8 Å². The molecule has 1 aromatic rings. The first-order valence-corrected chi connectivity index (χ1v) is 13.9. The first kappa shape index (κ1) is 29.5. The van der Waals surface area contributed by atoms with Gasteiger partial charge in [0, 0.05) is 35.8 Å². The summed E-state index contributed by atoms with van der Waals surface area (Å²) >= 11 is 0. The summed E-state index contributed by atoms with van der Waals surface area (Å²) in [6, 6.07) is 2.54. The summed E-state index contributed by atoms with van der Waals surface area (Å²) in [5, 5.41) is 22.8. The van der Waals surface area contributed by atoms with E-state index in [4.69, 9.17) is 4.84 Å². The largest absolute Gasteiger partial charge is 0.419 e. The van der Waals surface area contributed by atoms with Gasteiger partial charge in [0.05, 0.1) is 11.7 Å². The normalized spacial score (nSPS) is 43.0. The van der Waals surface area contributed by atoms with Crippen LogP contribution in [-0.4, -0.2) is 63.5 Å². The smallest absolute Gasteiger partial charge is 0.390 e. The van der Waals surface area contributed by atoms with Crippen LogP contribution in [0.5, 0.6) is 0 Å². The number of alkyl halides is 5. The Hall–Kier alpha value is -2.54. The third kappa shape index (κ3) is 3.67. The number of allylic oxidation sites excluding steroid dienone is 4. The molecule has 9 atom stereocenters. The highest BCUT2D eigenvalue weighted by Crippen LogP contribution is 2.72. The summed E-state index contributed by atoms with van der Waals surface area (Å²) in [6.45, 7) is 1.96. The molecule has 1 aromatic carbocycles. The predicted molar refractivity (Wildman–Crippen MR) is 135 cm³/mol. The number of halogens is 6. The molecule has 0 bridgehead atoms. The van der Waals surface area contributed by atoms with Crippen LogP contribution in [-0.2, 0) is 27.1 Å². The van der Waals surface area contributed by atoms with E-state index in [1.807, 2.05) is 0 Å². The molecule has 0 spiro atoms. The number of hydrogen-bond donors (Lipinski definition) is 2. The van der Waals surface area contributed by atoms with Gasteiger partial charge in [-0.05, 0) is 67.5 Å². The molecule has 2 N–H and O–H groups in total. The third-order valence-corrected chi connectivity index (χ3v) is 10.9. The summed E-state index contributed by atoms with van der Waals surface area (Å²) in [5.41, 5.74) is -8.42. The Morgan fingerprint density at radius 1 is 1.19 bits per heavy atom. The number of nitrogens with zero attached hydrogens (tertiary/aromatic N) is 1. The van der Waals surface area contributed by atoms with Crippen molar-refractivity contribution in [2.45, 2.75) is 69.4 Å². The van der Waals surface area contributed by atoms with Gasteiger partial charge in [-0.25, -0.2) is 13.2 Å². The molecule has 4 fully saturated rings. The number of carbonyl (C=O) groups excluding carboxylic acids is 2. The summed E-state index contributed by atoms with van der Waals surface area (Å²) in [4.78, 5) is 31.8. The highest BCUT2D eigenvalue weighted by molar-refractivity contribution is 6.01. The van der Waals surface area contributed by atoms with Crippen LogP contribution < -0.4 is 0 Å². The Morgan fingerprint density at radius 2 is 1.90 bits per heavy atom. The number of benzene rings is 1. The van der Waals surface area contributed by atoms with Crippen molar-refractivity contribution < 1.29 is 51.0 Å². The van der Waals surface area contributed by atoms with Crippen LogP contribution in [0.1, 0.15) is 44.2 Å². The highest BCUT2D eigenvalue weighted by atomic mass is 19.4. The topological polar surface area (TPSA) is 87.1 Å². The molecule has 3 saturated carbocycles.